The molecule has 1 N–H and O–H groups in total. The van der Waals surface area contributed by atoms with E-state index in [1.807, 2.05) is 6.92 Å². The Morgan fingerprint density at radius 3 is 2.59 bits per heavy atom. The van der Waals surface area contributed by atoms with E-state index in [-0.39, 0.29) is 17.9 Å². The van der Waals surface area contributed by atoms with E-state index in [2.05, 4.69) is 35.4 Å². The predicted octanol–water partition coefficient (Wildman–Crippen LogP) is 1.73. The molecule has 0 spiro atoms. The van der Waals surface area contributed by atoms with Crippen LogP contribution >= 0.6 is 11.5 Å². The molecule has 6 heteroatoms. The zero-order chi connectivity index (χ0) is 13.1. The predicted molar refractivity (Wildman–Crippen MR) is 70.4 cm³/mol. The topological polar surface area (TPSA) is 58.1 Å². The number of aromatic nitrogens is 2. The zero-order valence-corrected chi connectivity index (χ0v) is 11.9. The molecule has 0 unspecified atom stereocenters. The van der Waals surface area contributed by atoms with Gasteiger partial charge in [-0.05, 0) is 6.92 Å². The maximum Gasteiger partial charge on any atom is 0.241 e. The fraction of sp³-hybridized carbons (Fsp3) is 0.727. The van der Waals surface area contributed by atoms with Crippen molar-refractivity contribution in [1.82, 2.24) is 14.3 Å². The average molecular weight is 256 g/mol. The van der Waals surface area contributed by atoms with Gasteiger partial charge in [0.2, 0.25) is 11.0 Å². The Hall–Kier alpha value is -1.17. The third-order valence-corrected chi connectivity index (χ3v) is 3.06. The number of hydrogen-bond acceptors (Lipinski definition) is 5. The molecule has 0 fully saturated rings. The minimum atomic E-state index is -0.0549. The summed E-state index contributed by atoms with van der Waals surface area (Å²) in [4.78, 5) is 17.6. The molecule has 96 valence electrons. The quantitative estimate of drug-likeness (QED) is 0.891. The lowest BCUT2D eigenvalue weighted by Gasteiger charge is -2.14. The molecule has 0 radical (unpaired) electrons. The molecule has 17 heavy (non-hydrogen) atoms. The molecule has 0 aliphatic rings. The van der Waals surface area contributed by atoms with E-state index in [4.69, 9.17) is 0 Å². The van der Waals surface area contributed by atoms with Gasteiger partial charge in [0.25, 0.3) is 0 Å². The van der Waals surface area contributed by atoms with E-state index >= 15 is 0 Å². The van der Waals surface area contributed by atoms with Crippen LogP contribution in [0.25, 0.3) is 0 Å². The Balaban J connectivity index is 2.54. The largest absolute Gasteiger partial charge is 0.351 e. The summed E-state index contributed by atoms with van der Waals surface area (Å²) in [6, 6.07) is 0. The van der Waals surface area contributed by atoms with Crippen molar-refractivity contribution in [2.24, 2.45) is 0 Å². The lowest BCUT2D eigenvalue weighted by atomic mass is 9.96. The van der Waals surface area contributed by atoms with Crippen LogP contribution in [0.5, 0.6) is 0 Å². The second kappa shape index (κ2) is 5.44. The van der Waals surface area contributed by atoms with Crippen LogP contribution in [0.1, 0.15) is 33.5 Å². The summed E-state index contributed by atoms with van der Waals surface area (Å²) in [6.07, 6.45) is 0. The second-order valence-corrected chi connectivity index (χ2v) is 5.69. The van der Waals surface area contributed by atoms with Gasteiger partial charge in [-0.25, -0.2) is 4.98 Å². The molecule has 1 aromatic rings. The van der Waals surface area contributed by atoms with Crippen molar-refractivity contribution in [3.63, 3.8) is 0 Å². The summed E-state index contributed by atoms with van der Waals surface area (Å²) in [6.45, 7) is 9.12. The van der Waals surface area contributed by atoms with Crippen LogP contribution in [0.3, 0.4) is 0 Å². The monoisotopic (exact) mass is 256 g/mol. The van der Waals surface area contributed by atoms with Gasteiger partial charge >= 0.3 is 0 Å². The van der Waals surface area contributed by atoms with E-state index in [0.29, 0.717) is 11.7 Å². The Labute approximate surface area is 106 Å². The highest BCUT2D eigenvalue weighted by Gasteiger charge is 2.19. The van der Waals surface area contributed by atoms with Crippen molar-refractivity contribution in [2.75, 3.05) is 25.5 Å². The summed E-state index contributed by atoms with van der Waals surface area (Å²) < 4.78 is 4.27. The molecule has 1 aromatic heterocycles. The van der Waals surface area contributed by atoms with E-state index in [1.165, 1.54) is 11.5 Å². The third kappa shape index (κ3) is 3.96. The SMILES string of the molecule is CCN(C)C(=O)CNc1nc(C(C)(C)C)ns1. The Morgan fingerprint density at radius 2 is 2.12 bits per heavy atom. The minimum Gasteiger partial charge on any atom is -0.351 e. The number of carbonyl (C=O) groups is 1. The molecule has 0 aliphatic carbocycles. The van der Waals surface area contributed by atoms with Crippen LogP contribution in [0.4, 0.5) is 5.13 Å². The summed E-state index contributed by atoms with van der Waals surface area (Å²) in [5, 5.41) is 3.71. The smallest absolute Gasteiger partial charge is 0.241 e. The lowest BCUT2D eigenvalue weighted by Crippen LogP contribution is -2.31. The minimum absolute atomic E-state index is 0.0549. The summed E-state index contributed by atoms with van der Waals surface area (Å²) in [5.41, 5.74) is -0.0549. The summed E-state index contributed by atoms with van der Waals surface area (Å²) in [7, 11) is 1.78. The van der Waals surface area contributed by atoms with Gasteiger partial charge in [-0.3, -0.25) is 4.79 Å². The Kier molecular flexibility index (Phi) is 4.45. The maximum absolute atomic E-state index is 11.6. The van der Waals surface area contributed by atoms with Gasteiger partial charge in [0.05, 0.1) is 6.54 Å². The number of hydrogen-bond donors (Lipinski definition) is 1. The van der Waals surface area contributed by atoms with Gasteiger partial charge in [-0.1, -0.05) is 20.8 Å². The van der Waals surface area contributed by atoms with Crippen LogP contribution in [-0.2, 0) is 10.2 Å². The van der Waals surface area contributed by atoms with Gasteiger partial charge in [0.1, 0.15) is 5.82 Å². The fourth-order valence-electron chi connectivity index (χ4n) is 1.06. The highest BCUT2D eigenvalue weighted by molar-refractivity contribution is 7.09. The molecule has 1 amide bonds. The van der Waals surface area contributed by atoms with Crippen molar-refractivity contribution in [1.29, 1.82) is 0 Å². The zero-order valence-electron chi connectivity index (χ0n) is 11.1. The van der Waals surface area contributed by atoms with E-state index in [9.17, 15) is 4.79 Å². The van der Waals surface area contributed by atoms with Crippen LogP contribution in [0.2, 0.25) is 0 Å². The molecule has 0 bridgehead atoms. The molecule has 0 aliphatic heterocycles. The van der Waals surface area contributed by atoms with Crippen LogP contribution in [0.15, 0.2) is 0 Å². The third-order valence-electron chi connectivity index (χ3n) is 2.39. The average Bonchev–Trinajstić information content (AvgIpc) is 2.72. The molecule has 5 nitrogen and oxygen atoms in total. The standard InChI is InChI=1S/C11H20N4OS/c1-6-15(5)8(16)7-12-10-13-9(14-17-10)11(2,3)4/h6-7H2,1-5H3,(H,12,13,14). The van der Waals surface area contributed by atoms with Crippen LogP contribution in [0, 0.1) is 0 Å². The van der Waals surface area contributed by atoms with Gasteiger partial charge in [-0.15, -0.1) is 0 Å². The first-order valence-electron chi connectivity index (χ1n) is 5.66. The van der Waals surface area contributed by atoms with E-state index in [0.717, 1.165) is 5.82 Å². The summed E-state index contributed by atoms with van der Waals surface area (Å²) >= 11 is 1.29. The molecule has 1 heterocycles. The lowest BCUT2D eigenvalue weighted by molar-refractivity contribution is -0.127. The van der Waals surface area contributed by atoms with E-state index < -0.39 is 0 Å². The van der Waals surface area contributed by atoms with Crippen molar-refractivity contribution in [3.05, 3.63) is 5.82 Å². The number of amides is 1. The number of likely N-dealkylation sites (N-methyl/N-ethyl adjacent to an activating group) is 1. The maximum atomic E-state index is 11.6. The molecule has 0 aromatic carbocycles. The second-order valence-electron chi connectivity index (χ2n) is 4.93. The van der Waals surface area contributed by atoms with Crippen molar-refractivity contribution >= 4 is 22.6 Å². The number of carbonyl (C=O) groups excluding carboxylic acids is 1. The van der Waals surface area contributed by atoms with Crippen LogP contribution < -0.4 is 5.32 Å². The number of nitrogens with zero attached hydrogens (tertiary/aromatic N) is 3. The first-order valence-corrected chi connectivity index (χ1v) is 6.44. The Morgan fingerprint density at radius 1 is 1.47 bits per heavy atom. The highest BCUT2D eigenvalue weighted by Crippen LogP contribution is 2.22. The molecule has 1 rings (SSSR count). The van der Waals surface area contributed by atoms with Gasteiger partial charge in [0.15, 0.2) is 0 Å². The highest BCUT2D eigenvalue weighted by atomic mass is 32.1. The molecule has 0 saturated heterocycles. The fourth-order valence-corrected chi connectivity index (χ4v) is 1.81. The van der Waals surface area contributed by atoms with Crippen LogP contribution in [-0.4, -0.2) is 40.3 Å². The van der Waals surface area contributed by atoms with Gasteiger partial charge in [-0.2, -0.15) is 4.37 Å². The van der Waals surface area contributed by atoms with Crippen molar-refractivity contribution < 1.29 is 4.79 Å². The first-order chi connectivity index (χ1) is 7.84. The molecule has 0 saturated carbocycles. The summed E-state index contributed by atoms with van der Waals surface area (Å²) in [5.74, 6) is 0.862. The van der Waals surface area contributed by atoms with Gasteiger partial charge in [0, 0.05) is 30.5 Å². The molecular formula is C11H20N4OS. The van der Waals surface area contributed by atoms with Crippen molar-refractivity contribution in [3.8, 4) is 0 Å². The van der Waals surface area contributed by atoms with Crippen molar-refractivity contribution in [2.45, 2.75) is 33.1 Å². The Bertz CT molecular complexity index is 383. The first kappa shape index (κ1) is 13.9. The molecule has 0 atom stereocenters. The number of nitrogens with one attached hydrogen (secondary N) is 1. The number of anilines is 1. The molecular weight excluding hydrogens is 236 g/mol. The normalized spacial score (nSPS) is 11.4. The number of rotatable bonds is 4. The van der Waals surface area contributed by atoms with Gasteiger partial charge < -0.3 is 10.2 Å². The van der Waals surface area contributed by atoms with E-state index in [1.54, 1.807) is 11.9 Å².